The Hall–Kier alpha value is -3.38. The summed E-state index contributed by atoms with van der Waals surface area (Å²) in [6, 6.07) is 17.9. The van der Waals surface area contributed by atoms with Crippen molar-refractivity contribution in [2.75, 3.05) is 6.61 Å². The van der Waals surface area contributed by atoms with E-state index < -0.39 is 12.0 Å². The summed E-state index contributed by atoms with van der Waals surface area (Å²) in [5.41, 5.74) is 1.97. The van der Waals surface area contributed by atoms with Crippen molar-refractivity contribution in [3.63, 3.8) is 0 Å². The Morgan fingerprint density at radius 2 is 1.36 bits per heavy atom. The maximum atomic E-state index is 13.3. The highest BCUT2D eigenvalue weighted by Crippen LogP contribution is 2.26. The number of aromatic nitrogens is 1. The molecule has 2 amide bonds. The predicted molar refractivity (Wildman–Crippen MR) is 177 cm³/mol. The molecule has 0 saturated carbocycles. The normalized spacial score (nSPS) is 10.9. The van der Waals surface area contributed by atoms with Crippen molar-refractivity contribution >= 4 is 23.6 Å². The lowest BCUT2D eigenvalue weighted by atomic mass is 10.1. The lowest BCUT2D eigenvalue weighted by molar-refractivity contribution is -0.693. The molecular formula is C37H50ClN2O4+. The maximum Gasteiger partial charge on any atom is 0.417 e. The van der Waals surface area contributed by atoms with Gasteiger partial charge in [0.25, 0.3) is 5.91 Å². The first kappa shape index (κ1) is 35.1. The molecule has 1 aromatic heterocycles. The molecule has 1 heterocycles. The van der Waals surface area contributed by atoms with Crippen LogP contribution in [0.25, 0.3) is 0 Å². The third kappa shape index (κ3) is 12.7. The Morgan fingerprint density at radius 3 is 1.95 bits per heavy atom. The summed E-state index contributed by atoms with van der Waals surface area (Å²) < 4.78 is 13.5. The van der Waals surface area contributed by atoms with Gasteiger partial charge in [-0.15, -0.1) is 0 Å². The minimum absolute atomic E-state index is 0.0131. The van der Waals surface area contributed by atoms with E-state index in [0.29, 0.717) is 22.9 Å². The highest BCUT2D eigenvalue weighted by molar-refractivity contribution is 6.32. The van der Waals surface area contributed by atoms with Crippen LogP contribution in [0.15, 0.2) is 73.1 Å². The zero-order chi connectivity index (χ0) is 31.4. The number of halogens is 1. The molecule has 7 heteroatoms. The molecule has 3 rings (SSSR count). The van der Waals surface area contributed by atoms with Crippen LogP contribution in [0.4, 0.5) is 4.79 Å². The monoisotopic (exact) mass is 621 g/mol. The van der Waals surface area contributed by atoms with Crippen LogP contribution >= 0.6 is 11.6 Å². The van der Waals surface area contributed by atoms with Gasteiger partial charge < -0.3 is 9.47 Å². The molecular weight excluding hydrogens is 572 g/mol. The molecule has 0 saturated heterocycles. The number of amides is 2. The van der Waals surface area contributed by atoms with Crippen molar-refractivity contribution in [3.8, 4) is 5.75 Å². The van der Waals surface area contributed by atoms with Crippen molar-refractivity contribution in [2.24, 2.45) is 0 Å². The molecule has 0 spiro atoms. The van der Waals surface area contributed by atoms with Crippen LogP contribution < -0.4 is 9.30 Å². The molecule has 3 aromatic rings. The first-order valence-electron chi connectivity index (χ1n) is 16.4. The number of rotatable bonds is 20. The molecule has 0 aliphatic rings. The van der Waals surface area contributed by atoms with Gasteiger partial charge >= 0.3 is 6.09 Å². The number of pyridine rings is 1. The van der Waals surface area contributed by atoms with E-state index in [0.717, 1.165) is 35.4 Å². The quantitative estimate of drug-likeness (QED) is 0.0930. The van der Waals surface area contributed by atoms with E-state index in [1.807, 2.05) is 54.2 Å². The number of nitrogens with zero attached hydrogens (tertiary/aromatic N) is 2. The number of hydrogen-bond donors (Lipinski definition) is 0. The summed E-state index contributed by atoms with van der Waals surface area (Å²) in [5, 5.41) is 0.475. The van der Waals surface area contributed by atoms with Gasteiger partial charge in [-0.2, -0.15) is 0 Å². The van der Waals surface area contributed by atoms with Crippen LogP contribution in [0, 0.1) is 0 Å². The zero-order valence-corrected chi connectivity index (χ0v) is 27.4. The summed E-state index contributed by atoms with van der Waals surface area (Å²) in [5.74, 6) is 0.210. The molecule has 0 N–H and O–H groups in total. The number of unbranched alkanes of at least 4 members (excludes halogenated alkanes) is 11. The van der Waals surface area contributed by atoms with Crippen molar-refractivity contribution < 1.29 is 23.6 Å². The number of ether oxygens (including phenoxy) is 2. The Morgan fingerprint density at radius 1 is 0.750 bits per heavy atom. The second-order valence-electron chi connectivity index (χ2n) is 11.4. The standard InChI is InChI=1S/C37H50ClN2O4/c1-3-5-6-7-8-9-10-11-12-13-14-18-27-43-35-22-21-32(28-34(35)38)30-44-37(42)40(36(41)33-19-16-15-17-20-33)29-31-23-25-39(4-2)26-24-31/h15-17,19-26,28H,3-14,18,27,29-30H2,1-2H3/q+1. The molecule has 0 unspecified atom stereocenters. The van der Waals surface area contributed by atoms with Crippen molar-refractivity contribution in [3.05, 3.63) is 94.8 Å². The van der Waals surface area contributed by atoms with Gasteiger partial charge in [0.05, 0.1) is 18.2 Å². The third-order valence-corrected chi connectivity index (χ3v) is 8.06. The summed E-state index contributed by atoms with van der Waals surface area (Å²) in [6.45, 7) is 5.86. The minimum atomic E-state index is -0.713. The van der Waals surface area contributed by atoms with Crippen molar-refractivity contribution in [2.45, 2.75) is 111 Å². The first-order chi connectivity index (χ1) is 21.5. The SMILES string of the molecule is CCCCCCCCCCCCCCOc1ccc(COC(=O)N(Cc2cc[n+](CC)cc2)C(=O)c2ccccc2)cc1Cl. The molecule has 0 bridgehead atoms. The fraction of sp³-hybridized carbons (Fsp3) is 0.486. The van der Waals surface area contributed by atoms with Crippen LogP contribution in [-0.2, 0) is 24.4 Å². The fourth-order valence-corrected chi connectivity index (χ4v) is 5.30. The number of aryl methyl sites for hydroxylation is 1. The number of hydrogen-bond acceptors (Lipinski definition) is 4. The number of benzene rings is 2. The lowest BCUT2D eigenvalue weighted by Gasteiger charge is -2.20. The average Bonchev–Trinajstić information content (AvgIpc) is 3.05. The molecule has 44 heavy (non-hydrogen) atoms. The van der Waals surface area contributed by atoms with Crippen LogP contribution in [0.3, 0.4) is 0 Å². The minimum Gasteiger partial charge on any atom is -0.492 e. The molecule has 0 atom stereocenters. The number of carbonyl (C=O) groups excluding carboxylic acids is 2. The largest absolute Gasteiger partial charge is 0.492 e. The van der Waals surface area contributed by atoms with E-state index in [1.165, 1.54) is 64.2 Å². The number of imide groups is 1. The fourth-order valence-electron chi connectivity index (χ4n) is 5.04. The van der Waals surface area contributed by atoms with E-state index in [1.54, 1.807) is 30.3 Å². The van der Waals surface area contributed by atoms with E-state index in [-0.39, 0.29) is 13.2 Å². The topological polar surface area (TPSA) is 59.7 Å². The van der Waals surface area contributed by atoms with E-state index in [4.69, 9.17) is 21.1 Å². The molecule has 0 aliphatic heterocycles. The Bertz CT molecular complexity index is 1250. The van der Waals surface area contributed by atoms with E-state index in [9.17, 15) is 9.59 Å². The highest BCUT2D eigenvalue weighted by atomic mass is 35.5. The molecule has 2 aromatic carbocycles. The van der Waals surface area contributed by atoms with Crippen LogP contribution in [0.5, 0.6) is 5.75 Å². The first-order valence-corrected chi connectivity index (χ1v) is 16.8. The molecule has 0 fully saturated rings. The smallest absolute Gasteiger partial charge is 0.417 e. The summed E-state index contributed by atoms with van der Waals surface area (Å²) >= 11 is 6.49. The predicted octanol–water partition coefficient (Wildman–Crippen LogP) is 9.71. The van der Waals surface area contributed by atoms with Crippen LogP contribution in [-0.4, -0.2) is 23.5 Å². The summed E-state index contributed by atoms with van der Waals surface area (Å²) in [7, 11) is 0. The van der Waals surface area contributed by atoms with Crippen LogP contribution in [0.1, 0.15) is 112 Å². The second-order valence-corrected chi connectivity index (χ2v) is 11.8. The molecule has 0 radical (unpaired) electrons. The molecule has 6 nitrogen and oxygen atoms in total. The molecule has 238 valence electrons. The van der Waals surface area contributed by atoms with Gasteiger partial charge in [0, 0.05) is 17.7 Å². The summed E-state index contributed by atoms with van der Waals surface area (Å²) in [4.78, 5) is 27.6. The van der Waals surface area contributed by atoms with Crippen molar-refractivity contribution in [1.82, 2.24) is 4.90 Å². The van der Waals surface area contributed by atoms with Gasteiger partial charge in [-0.3, -0.25) is 4.79 Å². The highest BCUT2D eigenvalue weighted by Gasteiger charge is 2.25. The zero-order valence-electron chi connectivity index (χ0n) is 26.6. The van der Waals surface area contributed by atoms with Gasteiger partial charge in [-0.1, -0.05) is 113 Å². The number of carbonyl (C=O) groups is 2. The third-order valence-electron chi connectivity index (χ3n) is 7.77. The van der Waals surface area contributed by atoms with Gasteiger partial charge in [-0.25, -0.2) is 14.3 Å². The second kappa shape index (κ2) is 20.6. The van der Waals surface area contributed by atoms with E-state index >= 15 is 0 Å². The Labute approximate surface area is 269 Å². The summed E-state index contributed by atoms with van der Waals surface area (Å²) in [6.07, 6.45) is 18.7. The van der Waals surface area contributed by atoms with Gasteiger partial charge in [0.2, 0.25) is 0 Å². The van der Waals surface area contributed by atoms with Gasteiger partial charge in [0.15, 0.2) is 12.4 Å². The van der Waals surface area contributed by atoms with E-state index in [2.05, 4.69) is 6.92 Å². The van der Waals surface area contributed by atoms with Gasteiger partial charge in [0.1, 0.15) is 18.9 Å². The lowest BCUT2D eigenvalue weighted by Crippen LogP contribution is -2.37. The van der Waals surface area contributed by atoms with Crippen molar-refractivity contribution in [1.29, 1.82) is 0 Å². The maximum absolute atomic E-state index is 13.3. The van der Waals surface area contributed by atoms with Crippen LogP contribution in [0.2, 0.25) is 5.02 Å². The Balaban J connectivity index is 1.42. The molecule has 0 aliphatic carbocycles. The average molecular weight is 622 g/mol. The Kier molecular flexibility index (Phi) is 16.4. The van der Waals surface area contributed by atoms with Gasteiger partial charge in [-0.05, 0) is 48.7 Å².